The lowest BCUT2D eigenvalue weighted by molar-refractivity contribution is -0.141. The number of thiazole rings is 1. The highest BCUT2D eigenvalue weighted by atomic mass is 32.2. The molecule has 26 heavy (non-hydrogen) atoms. The van der Waals surface area contributed by atoms with Crippen molar-refractivity contribution in [3.8, 4) is 5.75 Å². The predicted octanol–water partition coefficient (Wildman–Crippen LogP) is 3.84. The number of aromatic nitrogens is 3. The molecule has 0 atom stereocenters. The van der Waals surface area contributed by atoms with Crippen LogP contribution < -0.4 is 10.1 Å². The highest BCUT2D eigenvalue weighted by molar-refractivity contribution is 7.99. The number of alkyl halides is 3. The molecule has 0 saturated heterocycles. The molecule has 3 rings (SSSR count). The number of carbonyl (C=O) groups excluding carboxylic acids is 1. The van der Waals surface area contributed by atoms with Gasteiger partial charge in [0.15, 0.2) is 10.3 Å². The summed E-state index contributed by atoms with van der Waals surface area (Å²) in [6, 6.07) is 6.10. The number of anilines is 1. The van der Waals surface area contributed by atoms with Crippen LogP contribution >= 0.6 is 23.1 Å². The molecule has 0 spiro atoms. The van der Waals surface area contributed by atoms with E-state index < -0.39 is 17.8 Å². The van der Waals surface area contributed by atoms with Crippen LogP contribution in [0.4, 0.5) is 18.3 Å². The molecule has 1 amide bonds. The number of hydrogen-bond donors (Lipinski definition) is 1. The lowest BCUT2D eigenvalue weighted by atomic mass is 10.3. The third kappa shape index (κ3) is 4.41. The van der Waals surface area contributed by atoms with Crippen LogP contribution in [0.5, 0.6) is 5.75 Å². The van der Waals surface area contributed by atoms with Crippen molar-refractivity contribution in [1.82, 2.24) is 15.0 Å². The zero-order valence-electron chi connectivity index (χ0n) is 13.2. The van der Waals surface area contributed by atoms with E-state index in [0.29, 0.717) is 16.4 Å². The van der Waals surface area contributed by atoms with Crippen LogP contribution in [0.25, 0.3) is 10.2 Å². The summed E-state index contributed by atoms with van der Waals surface area (Å²) in [5.74, 6) is 0.124. The fourth-order valence-corrected chi connectivity index (χ4v) is 3.48. The SMILES string of the molecule is COc1ccc2nc(NC(=O)CSc3nccc(C(F)(F)F)n3)sc2c1. The minimum absolute atomic E-state index is 0.121. The fraction of sp³-hybridized carbons (Fsp3) is 0.200. The van der Waals surface area contributed by atoms with Gasteiger partial charge in [0.25, 0.3) is 0 Å². The Morgan fingerprint density at radius 3 is 2.85 bits per heavy atom. The second-order valence-electron chi connectivity index (χ2n) is 4.91. The number of fused-ring (bicyclic) bond motifs is 1. The molecule has 2 heterocycles. The Morgan fingerprint density at radius 1 is 1.31 bits per heavy atom. The molecule has 3 aromatic rings. The average Bonchev–Trinajstić information content (AvgIpc) is 3.00. The van der Waals surface area contributed by atoms with E-state index in [1.165, 1.54) is 11.3 Å². The lowest BCUT2D eigenvalue weighted by Gasteiger charge is -2.06. The Morgan fingerprint density at radius 2 is 2.12 bits per heavy atom. The maximum absolute atomic E-state index is 12.6. The van der Waals surface area contributed by atoms with Gasteiger partial charge in [-0.2, -0.15) is 13.2 Å². The summed E-state index contributed by atoms with van der Waals surface area (Å²) < 4.78 is 43.8. The molecule has 6 nitrogen and oxygen atoms in total. The first-order chi connectivity index (χ1) is 12.3. The average molecular weight is 400 g/mol. The molecule has 2 aromatic heterocycles. The standard InChI is InChI=1S/C15H11F3N4O2S2/c1-24-8-2-3-9-10(6-8)26-14(20-9)22-12(23)7-25-13-19-5-4-11(21-13)15(16,17)18/h2-6H,7H2,1H3,(H,20,22,23). The molecule has 0 aliphatic heterocycles. The number of hydrogen-bond acceptors (Lipinski definition) is 7. The van der Waals surface area contributed by atoms with Crippen molar-refractivity contribution >= 4 is 44.4 Å². The monoisotopic (exact) mass is 400 g/mol. The maximum Gasteiger partial charge on any atom is 0.433 e. The van der Waals surface area contributed by atoms with E-state index in [-0.39, 0.29) is 10.9 Å². The van der Waals surface area contributed by atoms with Gasteiger partial charge in [-0.15, -0.1) is 0 Å². The zero-order chi connectivity index (χ0) is 18.7. The number of amides is 1. The van der Waals surface area contributed by atoms with Crippen molar-refractivity contribution in [1.29, 1.82) is 0 Å². The maximum atomic E-state index is 12.6. The number of rotatable bonds is 5. The Hall–Kier alpha value is -2.40. The highest BCUT2D eigenvalue weighted by Gasteiger charge is 2.32. The minimum atomic E-state index is -4.55. The summed E-state index contributed by atoms with van der Waals surface area (Å²) in [5.41, 5.74) is -0.338. The van der Waals surface area contributed by atoms with Gasteiger partial charge in [-0.25, -0.2) is 15.0 Å². The number of nitrogens with zero attached hydrogens (tertiary/aromatic N) is 3. The van der Waals surface area contributed by atoms with Gasteiger partial charge in [0.2, 0.25) is 5.91 Å². The van der Waals surface area contributed by atoms with Gasteiger partial charge in [0.1, 0.15) is 11.4 Å². The van der Waals surface area contributed by atoms with Gasteiger partial charge in [0.05, 0.1) is 23.1 Å². The zero-order valence-corrected chi connectivity index (χ0v) is 14.8. The summed E-state index contributed by atoms with van der Waals surface area (Å²) in [6.07, 6.45) is -3.54. The Labute approximate surface area is 153 Å². The second kappa shape index (κ2) is 7.46. The minimum Gasteiger partial charge on any atom is -0.497 e. The van der Waals surface area contributed by atoms with Crippen LogP contribution in [0.3, 0.4) is 0 Å². The molecule has 136 valence electrons. The molecule has 0 saturated carbocycles. The summed E-state index contributed by atoms with van der Waals surface area (Å²) in [7, 11) is 1.55. The van der Waals surface area contributed by atoms with Gasteiger partial charge in [-0.05, 0) is 24.3 Å². The third-order valence-corrected chi connectivity index (χ3v) is 4.89. The van der Waals surface area contributed by atoms with Gasteiger partial charge in [-0.1, -0.05) is 23.1 Å². The first kappa shape index (κ1) is 18.4. The van der Waals surface area contributed by atoms with E-state index in [9.17, 15) is 18.0 Å². The van der Waals surface area contributed by atoms with Crippen LogP contribution in [0.15, 0.2) is 35.6 Å². The molecule has 0 radical (unpaired) electrons. The molecule has 1 aromatic carbocycles. The number of halogens is 3. The molecule has 0 unspecified atom stereocenters. The summed E-state index contributed by atoms with van der Waals surface area (Å²) >= 11 is 2.08. The number of benzene rings is 1. The smallest absolute Gasteiger partial charge is 0.433 e. The Balaban J connectivity index is 1.62. The largest absolute Gasteiger partial charge is 0.497 e. The van der Waals surface area contributed by atoms with Crippen molar-refractivity contribution in [3.63, 3.8) is 0 Å². The van der Waals surface area contributed by atoms with Crippen molar-refractivity contribution in [2.75, 3.05) is 18.2 Å². The van der Waals surface area contributed by atoms with E-state index in [2.05, 4.69) is 20.3 Å². The van der Waals surface area contributed by atoms with Crippen LogP contribution in [0.1, 0.15) is 5.69 Å². The van der Waals surface area contributed by atoms with E-state index in [0.717, 1.165) is 28.7 Å². The normalized spacial score (nSPS) is 11.5. The number of ether oxygens (including phenoxy) is 1. The van der Waals surface area contributed by atoms with Crippen LogP contribution in [-0.4, -0.2) is 33.7 Å². The number of thioether (sulfide) groups is 1. The van der Waals surface area contributed by atoms with Crippen molar-refractivity contribution in [2.45, 2.75) is 11.3 Å². The Kier molecular flexibility index (Phi) is 5.28. The summed E-state index contributed by atoms with van der Waals surface area (Å²) in [5, 5.41) is 2.88. The second-order valence-corrected chi connectivity index (χ2v) is 6.88. The van der Waals surface area contributed by atoms with Crippen molar-refractivity contribution in [2.24, 2.45) is 0 Å². The summed E-state index contributed by atoms with van der Waals surface area (Å²) in [4.78, 5) is 23.4. The van der Waals surface area contributed by atoms with E-state index in [1.54, 1.807) is 25.3 Å². The fourth-order valence-electron chi connectivity index (χ4n) is 1.94. The molecule has 11 heteroatoms. The van der Waals surface area contributed by atoms with Gasteiger partial charge < -0.3 is 10.1 Å². The molecule has 1 N–H and O–H groups in total. The van der Waals surface area contributed by atoms with Crippen LogP contribution in [0.2, 0.25) is 0 Å². The van der Waals surface area contributed by atoms with Crippen LogP contribution in [-0.2, 0) is 11.0 Å². The van der Waals surface area contributed by atoms with E-state index in [4.69, 9.17) is 4.74 Å². The molecule has 0 fully saturated rings. The Bertz CT molecular complexity index is 946. The highest BCUT2D eigenvalue weighted by Crippen LogP contribution is 2.30. The van der Waals surface area contributed by atoms with Gasteiger partial charge in [-0.3, -0.25) is 4.79 Å². The molecule has 0 aliphatic rings. The van der Waals surface area contributed by atoms with Crippen molar-refractivity contribution in [3.05, 3.63) is 36.2 Å². The molecular weight excluding hydrogens is 389 g/mol. The first-order valence-corrected chi connectivity index (χ1v) is 8.93. The van der Waals surface area contributed by atoms with Crippen molar-refractivity contribution < 1.29 is 22.7 Å². The number of methoxy groups -OCH3 is 1. The van der Waals surface area contributed by atoms with Gasteiger partial charge >= 0.3 is 6.18 Å². The van der Waals surface area contributed by atoms with Gasteiger partial charge in [0, 0.05) is 6.20 Å². The quantitative estimate of drug-likeness (QED) is 0.518. The van der Waals surface area contributed by atoms with E-state index >= 15 is 0 Å². The summed E-state index contributed by atoms with van der Waals surface area (Å²) in [6.45, 7) is 0. The first-order valence-electron chi connectivity index (χ1n) is 7.12. The molecule has 0 bridgehead atoms. The van der Waals surface area contributed by atoms with E-state index in [1.807, 2.05) is 0 Å². The topological polar surface area (TPSA) is 77.0 Å². The lowest BCUT2D eigenvalue weighted by Crippen LogP contribution is -2.14. The predicted molar refractivity (Wildman–Crippen MR) is 92.6 cm³/mol. The third-order valence-electron chi connectivity index (χ3n) is 3.10. The van der Waals surface area contributed by atoms with Crippen LogP contribution in [0, 0.1) is 0 Å². The number of carbonyl (C=O) groups is 1. The molecule has 0 aliphatic carbocycles. The molecular formula is C15H11F3N4O2S2. The number of nitrogens with one attached hydrogen (secondary N) is 1.